The van der Waals surface area contributed by atoms with Crippen molar-refractivity contribution in [2.24, 2.45) is 0 Å². The van der Waals surface area contributed by atoms with Crippen molar-refractivity contribution >= 4 is 10.9 Å². The monoisotopic (exact) mass is 212 g/mol. The standard InChI is InChI=1S/C14H16N2/c1-3-8-16-9-7-13-6-5-12(10-14(13)16)11-15-4-2/h1,5-7,9-10,15H,4,8,11H2,2H3. The minimum atomic E-state index is 0.633. The van der Waals surface area contributed by atoms with Crippen LogP contribution in [0.3, 0.4) is 0 Å². The quantitative estimate of drug-likeness (QED) is 0.770. The lowest BCUT2D eigenvalue weighted by Gasteiger charge is -2.04. The lowest BCUT2D eigenvalue weighted by molar-refractivity contribution is 0.727. The summed E-state index contributed by atoms with van der Waals surface area (Å²) >= 11 is 0. The number of benzene rings is 1. The van der Waals surface area contributed by atoms with E-state index in [-0.39, 0.29) is 0 Å². The molecule has 0 aliphatic rings. The van der Waals surface area contributed by atoms with Crippen LogP contribution >= 0.6 is 0 Å². The lowest BCUT2D eigenvalue weighted by atomic mass is 10.1. The number of hydrogen-bond acceptors (Lipinski definition) is 1. The Bertz CT molecular complexity index is 517. The Balaban J connectivity index is 2.35. The summed E-state index contributed by atoms with van der Waals surface area (Å²) in [5.41, 5.74) is 2.51. The maximum atomic E-state index is 5.35. The van der Waals surface area contributed by atoms with Crippen molar-refractivity contribution in [2.75, 3.05) is 6.54 Å². The molecule has 0 radical (unpaired) electrons. The van der Waals surface area contributed by atoms with Crippen LogP contribution in [-0.2, 0) is 13.1 Å². The molecule has 2 nitrogen and oxygen atoms in total. The third-order valence-corrected chi connectivity index (χ3v) is 2.68. The second-order valence-electron chi connectivity index (χ2n) is 3.82. The van der Waals surface area contributed by atoms with E-state index in [1.165, 1.54) is 16.5 Å². The second-order valence-corrected chi connectivity index (χ2v) is 3.82. The zero-order chi connectivity index (χ0) is 11.4. The molecule has 1 N–H and O–H groups in total. The zero-order valence-electron chi connectivity index (χ0n) is 9.53. The van der Waals surface area contributed by atoms with Gasteiger partial charge >= 0.3 is 0 Å². The van der Waals surface area contributed by atoms with Gasteiger partial charge < -0.3 is 9.88 Å². The number of terminal acetylenes is 1. The number of nitrogens with zero attached hydrogens (tertiary/aromatic N) is 1. The van der Waals surface area contributed by atoms with Gasteiger partial charge in [-0.15, -0.1) is 6.42 Å². The van der Waals surface area contributed by atoms with Gasteiger partial charge in [-0.3, -0.25) is 0 Å². The van der Waals surface area contributed by atoms with E-state index in [9.17, 15) is 0 Å². The predicted octanol–water partition coefficient (Wildman–Crippen LogP) is 2.38. The van der Waals surface area contributed by atoms with E-state index >= 15 is 0 Å². The summed E-state index contributed by atoms with van der Waals surface area (Å²) in [6.07, 6.45) is 7.39. The summed E-state index contributed by atoms with van der Waals surface area (Å²) < 4.78 is 2.10. The summed E-state index contributed by atoms with van der Waals surface area (Å²) in [6, 6.07) is 8.61. The smallest absolute Gasteiger partial charge is 0.0834 e. The van der Waals surface area contributed by atoms with Gasteiger partial charge in [0.1, 0.15) is 0 Å². The van der Waals surface area contributed by atoms with E-state index in [0.717, 1.165) is 13.1 Å². The van der Waals surface area contributed by atoms with Crippen molar-refractivity contribution in [3.05, 3.63) is 36.0 Å². The Labute approximate surface area is 96.3 Å². The molecule has 16 heavy (non-hydrogen) atoms. The van der Waals surface area contributed by atoms with Gasteiger partial charge in [-0.25, -0.2) is 0 Å². The molecule has 2 rings (SSSR count). The summed E-state index contributed by atoms with van der Waals surface area (Å²) in [5, 5.41) is 4.57. The van der Waals surface area contributed by atoms with Crippen LogP contribution in [0.1, 0.15) is 12.5 Å². The third kappa shape index (κ3) is 2.10. The van der Waals surface area contributed by atoms with Gasteiger partial charge in [-0.05, 0) is 29.6 Å². The Hall–Kier alpha value is -1.72. The van der Waals surface area contributed by atoms with Crippen molar-refractivity contribution in [1.29, 1.82) is 0 Å². The number of rotatable bonds is 4. The van der Waals surface area contributed by atoms with Crippen molar-refractivity contribution < 1.29 is 0 Å². The van der Waals surface area contributed by atoms with Crippen LogP contribution in [-0.4, -0.2) is 11.1 Å². The number of nitrogens with one attached hydrogen (secondary N) is 1. The summed E-state index contributed by atoms with van der Waals surface area (Å²) in [5.74, 6) is 2.67. The number of hydrogen-bond donors (Lipinski definition) is 1. The fourth-order valence-corrected chi connectivity index (χ4v) is 1.85. The average molecular weight is 212 g/mol. The minimum absolute atomic E-state index is 0.633. The van der Waals surface area contributed by atoms with Crippen molar-refractivity contribution in [2.45, 2.75) is 20.0 Å². The van der Waals surface area contributed by atoms with Gasteiger partial charge in [0.25, 0.3) is 0 Å². The average Bonchev–Trinajstić information content (AvgIpc) is 2.70. The van der Waals surface area contributed by atoms with Crippen LogP contribution in [0.4, 0.5) is 0 Å². The molecule has 0 atom stereocenters. The van der Waals surface area contributed by atoms with Crippen LogP contribution < -0.4 is 5.32 Å². The molecular formula is C14H16N2. The first-order valence-electron chi connectivity index (χ1n) is 5.57. The van der Waals surface area contributed by atoms with Crippen LogP contribution in [0, 0.1) is 12.3 Å². The number of fused-ring (bicyclic) bond motifs is 1. The fraction of sp³-hybridized carbons (Fsp3) is 0.286. The molecule has 0 unspecified atom stereocenters. The van der Waals surface area contributed by atoms with Gasteiger partial charge in [0, 0.05) is 18.3 Å². The van der Waals surface area contributed by atoms with Gasteiger partial charge in [-0.1, -0.05) is 25.0 Å². The van der Waals surface area contributed by atoms with Gasteiger partial charge in [-0.2, -0.15) is 0 Å². The second kappa shape index (κ2) is 4.87. The SMILES string of the molecule is C#CCn1ccc2ccc(CNCC)cc21. The largest absolute Gasteiger partial charge is 0.336 e. The molecule has 0 fully saturated rings. The minimum Gasteiger partial charge on any atom is -0.336 e. The van der Waals surface area contributed by atoms with E-state index in [0.29, 0.717) is 6.54 Å². The molecule has 0 bridgehead atoms. The van der Waals surface area contributed by atoms with Crippen LogP contribution in [0.2, 0.25) is 0 Å². The summed E-state index contributed by atoms with van der Waals surface area (Å²) in [4.78, 5) is 0. The molecular weight excluding hydrogens is 196 g/mol. The van der Waals surface area contributed by atoms with E-state index < -0.39 is 0 Å². The maximum Gasteiger partial charge on any atom is 0.0834 e. The molecule has 0 aliphatic heterocycles. The maximum absolute atomic E-state index is 5.35. The normalized spacial score (nSPS) is 10.5. The van der Waals surface area contributed by atoms with E-state index in [1.54, 1.807) is 0 Å². The topological polar surface area (TPSA) is 17.0 Å². The lowest BCUT2D eigenvalue weighted by Crippen LogP contribution is -2.11. The van der Waals surface area contributed by atoms with Crippen LogP contribution in [0.25, 0.3) is 10.9 Å². The molecule has 0 amide bonds. The molecule has 82 valence electrons. The summed E-state index contributed by atoms with van der Waals surface area (Å²) in [6.45, 7) is 4.64. The third-order valence-electron chi connectivity index (χ3n) is 2.68. The highest BCUT2D eigenvalue weighted by Crippen LogP contribution is 2.17. The Morgan fingerprint density at radius 3 is 3.00 bits per heavy atom. The van der Waals surface area contributed by atoms with E-state index in [2.05, 4.69) is 47.0 Å². The van der Waals surface area contributed by atoms with Crippen molar-refractivity contribution in [1.82, 2.24) is 9.88 Å². The van der Waals surface area contributed by atoms with Gasteiger partial charge in [0.2, 0.25) is 0 Å². The zero-order valence-corrected chi connectivity index (χ0v) is 9.53. The first kappa shape index (κ1) is 10.8. The highest BCUT2D eigenvalue weighted by Gasteiger charge is 2.01. The highest BCUT2D eigenvalue weighted by atomic mass is 14.9. The van der Waals surface area contributed by atoms with Gasteiger partial charge in [0.05, 0.1) is 6.54 Å². The first-order chi connectivity index (χ1) is 7.85. The molecule has 1 aromatic heterocycles. The fourth-order valence-electron chi connectivity index (χ4n) is 1.85. The molecule has 1 aromatic carbocycles. The van der Waals surface area contributed by atoms with E-state index in [4.69, 9.17) is 6.42 Å². The number of aromatic nitrogens is 1. The first-order valence-corrected chi connectivity index (χ1v) is 5.57. The molecule has 2 heteroatoms. The van der Waals surface area contributed by atoms with Gasteiger partial charge in [0.15, 0.2) is 0 Å². The van der Waals surface area contributed by atoms with Crippen LogP contribution in [0.15, 0.2) is 30.5 Å². The Morgan fingerprint density at radius 1 is 1.38 bits per heavy atom. The highest BCUT2D eigenvalue weighted by molar-refractivity contribution is 5.80. The molecule has 0 aliphatic carbocycles. The molecule has 0 spiro atoms. The Kier molecular flexibility index (Phi) is 3.28. The molecule has 1 heterocycles. The van der Waals surface area contributed by atoms with Crippen LogP contribution in [0.5, 0.6) is 0 Å². The van der Waals surface area contributed by atoms with E-state index in [1.807, 2.05) is 6.20 Å². The summed E-state index contributed by atoms with van der Waals surface area (Å²) in [7, 11) is 0. The van der Waals surface area contributed by atoms with Crippen molar-refractivity contribution in [3.8, 4) is 12.3 Å². The molecule has 0 saturated carbocycles. The van der Waals surface area contributed by atoms with Crippen molar-refractivity contribution in [3.63, 3.8) is 0 Å². The molecule has 2 aromatic rings. The predicted molar refractivity (Wildman–Crippen MR) is 68.2 cm³/mol. The molecule has 0 saturated heterocycles. The Morgan fingerprint density at radius 2 is 2.25 bits per heavy atom.